The molecule has 0 saturated carbocycles. The van der Waals surface area contributed by atoms with Gasteiger partial charge in [0, 0.05) is 39.9 Å². The maximum atomic E-state index is 12.1. The molecule has 0 unspecified atom stereocenters. The summed E-state index contributed by atoms with van der Waals surface area (Å²) < 4.78 is 10.7. The fourth-order valence-corrected chi connectivity index (χ4v) is 2.47. The zero-order chi connectivity index (χ0) is 21.7. The zero-order valence-electron chi connectivity index (χ0n) is 19.3. The van der Waals surface area contributed by atoms with Crippen molar-refractivity contribution < 1.29 is 14.3 Å². The van der Waals surface area contributed by atoms with Gasteiger partial charge in [0.1, 0.15) is 5.60 Å². The van der Waals surface area contributed by atoms with Gasteiger partial charge in [0.25, 0.3) is 0 Å². The largest absolute Gasteiger partial charge is 0.444 e. The van der Waals surface area contributed by atoms with E-state index >= 15 is 0 Å². The van der Waals surface area contributed by atoms with Gasteiger partial charge in [-0.05, 0) is 52.2 Å². The highest BCUT2D eigenvalue weighted by atomic mass is 127. The number of carbonyl (C=O) groups excluding carboxylic acids is 1. The van der Waals surface area contributed by atoms with Gasteiger partial charge < -0.3 is 25.0 Å². The van der Waals surface area contributed by atoms with Crippen molar-refractivity contribution in [2.75, 3.05) is 33.4 Å². The molecule has 2 N–H and O–H groups in total. The second-order valence-corrected chi connectivity index (χ2v) is 7.83. The van der Waals surface area contributed by atoms with Crippen molar-refractivity contribution in [1.29, 1.82) is 0 Å². The van der Waals surface area contributed by atoms with Gasteiger partial charge in [0.05, 0.1) is 6.54 Å². The monoisotopic (exact) mass is 534 g/mol. The fourth-order valence-electron chi connectivity index (χ4n) is 2.47. The predicted molar refractivity (Wildman–Crippen MR) is 133 cm³/mol. The number of amides is 1. The fraction of sp³-hybridized carbons (Fsp3) is 0.636. The molecule has 8 heteroatoms. The average molecular weight is 534 g/mol. The summed E-state index contributed by atoms with van der Waals surface area (Å²) in [6.07, 6.45) is 0.620. The highest BCUT2D eigenvalue weighted by Crippen LogP contribution is 2.12. The van der Waals surface area contributed by atoms with Crippen LogP contribution in [0.25, 0.3) is 0 Å². The Morgan fingerprint density at radius 1 is 1.10 bits per heavy atom. The van der Waals surface area contributed by atoms with Gasteiger partial charge >= 0.3 is 6.09 Å². The summed E-state index contributed by atoms with van der Waals surface area (Å²) in [6, 6.07) is 8.13. The Hall–Kier alpha value is -1.55. The minimum absolute atomic E-state index is 0. The molecule has 172 valence electrons. The molecule has 0 aliphatic carbocycles. The second kappa shape index (κ2) is 15.3. The normalized spacial score (nSPS) is 11.5. The smallest absolute Gasteiger partial charge is 0.410 e. The first kappa shape index (κ1) is 28.5. The third-order valence-electron chi connectivity index (χ3n) is 3.87. The van der Waals surface area contributed by atoms with Crippen LogP contribution in [-0.2, 0) is 22.6 Å². The maximum absolute atomic E-state index is 12.1. The summed E-state index contributed by atoms with van der Waals surface area (Å²) in [5.41, 5.74) is 1.67. The molecule has 7 nitrogen and oxygen atoms in total. The minimum atomic E-state index is -0.492. The van der Waals surface area contributed by atoms with Crippen LogP contribution in [0, 0.1) is 0 Å². The molecular formula is C22H39IN4O3. The van der Waals surface area contributed by atoms with Crippen molar-refractivity contribution in [2.45, 2.75) is 59.7 Å². The molecule has 0 saturated heterocycles. The molecule has 0 aromatic heterocycles. The summed E-state index contributed by atoms with van der Waals surface area (Å²) in [4.78, 5) is 18.3. The Balaban J connectivity index is 0.00000841. The molecule has 1 aromatic carbocycles. The molecular weight excluding hydrogens is 495 g/mol. The third-order valence-corrected chi connectivity index (χ3v) is 3.87. The molecule has 0 bridgehead atoms. The molecule has 30 heavy (non-hydrogen) atoms. The lowest BCUT2D eigenvalue weighted by atomic mass is 10.1. The summed E-state index contributed by atoms with van der Waals surface area (Å²) in [5.74, 6) is 0.803. The maximum Gasteiger partial charge on any atom is 0.410 e. The number of hydrogen-bond donors (Lipinski definition) is 2. The number of rotatable bonds is 10. The van der Waals surface area contributed by atoms with E-state index in [2.05, 4.69) is 15.6 Å². The van der Waals surface area contributed by atoms with Crippen LogP contribution in [-0.4, -0.2) is 55.9 Å². The van der Waals surface area contributed by atoms with E-state index in [4.69, 9.17) is 9.47 Å². The third kappa shape index (κ3) is 12.9. The van der Waals surface area contributed by atoms with Crippen molar-refractivity contribution in [3.05, 3.63) is 35.4 Å². The van der Waals surface area contributed by atoms with Crippen LogP contribution >= 0.6 is 24.0 Å². The lowest BCUT2D eigenvalue weighted by molar-refractivity contribution is 0.0285. The van der Waals surface area contributed by atoms with Crippen molar-refractivity contribution in [2.24, 2.45) is 4.99 Å². The van der Waals surface area contributed by atoms with Crippen molar-refractivity contribution in [3.8, 4) is 0 Å². The number of ether oxygens (including phenoxy) is 2. The van der Waals surface area contributed by atoms with E-state index in [1.54, 1.807) is 11.9 Å². The standard InChI is InChI=1S/C22H38N4O3.HI/c1-7-23-20(24-14-9-15-28-8-2)25-16-18-10-12-19(13-11-18)17-26(6)21(27)29-22(3,4)5;/h10-13H,7-9,14-17H2,1-6H3,(H2,23,24,25);1H. The molecule has 0 aliphatic heterocycles. The van der Waals surface area contributed by atoms with Crippen LogP contribution < -0.4 is 10.6 Å². The van der Waals surface area contributed by atoms with E-state index in [0.29, 0.717) is 13.1 Å². The van der Waals surface area contributed by atoms with Crippen molar-refractivity contribution in [1.82, 2.24) is 15.5 Å². The average Bonchev–Trinajstić information content (AvgIpc) is 2.65. The van der Waals surface area contributed by atoms with Crippen LogP contribution in [0.15, 0.2) is 29.3 Å². The molecule has 0 fully saturated rings. The lowest BCUT2D eigenvalue weighted by Gasteiger charge is -2.24. The topological polar surface area (TPSA) is 75.2 Å². The first-order chi connectivity index (χ1) is 13.7. The zero-order valence-corrected chi connectivity index (χ0v) is 21.6. The highest BCUT2D eigenvalue weighted by Gasteiger charge is 2.19. The number of nitrogens with zero attached hydrogens (tertiary/aromatic N) is 2. The van der Waals surface area contributed by atoms with Crippen molar-refractivity contribution in [3.63, 3.8) is 0 Å². The lowest BCUT2D eigenvalue weighted by Crippen LogP contribution is -2.38. The minimum Gasteiger partial charge on any atom is -0.444 e. The van der Waals surface area contributed by atoms with E-state index < -0.39 is 5.60 Å². The summed E-state index contributed by atoms with van der Waals surface area (Å²) in [5, 5.41) is 6.57. The Bertz CT molecular complexity index is 630. The van der Waals surface area contributed by atoms with E-state index in [1.807, 2.05) is 58.9 Å². The summed E-state index contributed by atoms with van der Waals surface area (Å²) >= 11 is 0. The molecule has 1 rings (SSSR count). The quantitative estimate of drug-likeness (QED) is 0.204. The van der Waals surface area contributed by atoms with Gasteiger partial charge in [-0.3, -0.25) is 0 Å². The van der Waals surface area contributed by atoms with Crippen LogP contribution in [0.4, 0.5) is 4.79 Å². The van der Waals surface area contributed by atoms with Crippen LogP contribution in [0.2, 0.25) is 0 Å². The molecule has 0 spiro atoms. The van der Waals surface area contributed by atoms with Crippen LogP contribution in [0.1, 0.15) is 52.2 Å². The number of halogens is 1. The Morgan fingerprint density at radius 2 is 1.73 bits per heavy atom. The SMILES string of the molecule is CCNC(=NCc1ccc(CN(C)C(=O)OC(C)(C)C)cc1)NCCCOCC.I. The highest BCUT2D eigenvalue weighted by molar-refractivity contribution is 14.0. The van der Waals surface area contributed by atoms with Crippen LogP contribution in [0.5, 0.6) is 0 Å². The first-order valence-corrected chi connectivity index (χ1v) is 10.4. The van der Waals surface area contributed by atoms with Gasteiger partial charge in [0.15, 0.2) is 5.96 Å². The number of benzene rings is 1. The molecule has 0 aliphatic rings. The number of guanidine groups is 1. The van der Waals surface area contributed by atoms with Crippen molar-refractivity contribution >= 4 is 36.0 Å². The Kier molecular flexibility index (Phi) is 14.5. The number of carbonyl (C=O) groups is 1. The molecule has 0 radical (unpaired) electrons. The van der Waals surface area contributed by atoms with Gasteiger partial charge in [-0.25, -0.2) is 9.79 Å². The van der Waals surface area contributed by atoms with E-state index in [1.165, 1.54) is 0 Å². The molecule has 0 heterocycles. The predicted octanol–water partition coefficient (Wildman–Crippen LogP) is 4.15. The number of aliphatic imine (C=N–C) groups is 1. The van der Waals surface area contributed by atoms with E-state index in [0.717, 1.165) is 49.8 Å². The van der Waals surface area contributed by atoms with Crippen LogP contribution in [0.3, 0.4) is 0 Å². The number of nitrogens with one attached hydrogen (secondary N) is 2. The van der Waals surface area contributed by atoms with Gasteiger partial charge in [0.2, 0.25) is 0 Å². The number of hydrogen-bond acceptors (Lipinski definition) is 4. The first-order valence-electron chi connectivity index (χ1n) is 10.4. The van der Waals surface area contributed by atoms with Gasteiger partial charge in [-0.2, -0.15) is 0 Å². The Morgan fingerprint density at radius 3 is 2.30 bits per heavy atom. The molecule has 1 aromatic rings. The summed E-state index contributed by atoms with van der Waals surface area (Å²) in [7, 11) is 1.74. The molecule has 0 atom stereocenters. The van der Waals surface area contributed by atoms with Gasteiger partial charge in [-0.15, -0.1) is 24.0 Å². The van der Waals surface area contributed by atoms with Gasteiger partial charge in [-0.1, -0.05) is 24.3 Å². The molecule has 1 amide bonds. The van der Waals surface area contributed by atoms with E-state index in [-0.39, 0.29) is 30.1 Å². The Labute approximate surface area is 199 Å². The summed E-state index contributed by atoms with van der Waals surface area (Å²) in [6.45, 7) is 13.9. The second-order valence-electron chi connectivity index (χ2n) is 7.83. The van der Waals surface area contributed by atoms with E-state index in [9.17, 15) is 4.79 Å².